The molecular formula is C21H28ClN5O3S. The zero-order valence-electron chi connectivity index (χ0n) is 17.6. The van der Waals surface area contributed by atoms with Gasteiger partial charge in [-0.1, -0.05) is 35.5 Å². The molecule has 1 aromatic carbocycles. The highest BCUT2D eigenvalue weighted by Gasteiger charge is 2.26. The lowest BCUT2D eigenvalue weighted by Gasteiger charge is -2.28. The second kappa shape index (κ2) is 10.7. The van der Waals surface area contributed by atoms with Crippen molar-refractivity contribution in [3.63, 3.8) is 0 Å². The minimum atomic E-state index is -0.308. The normalized spacial score (nSPS) is 20.1. The summed E-state index contributed by atoms with van der Waals surface area (Å²) in [4.78, 5) is 14.9. The highest BCUT2D eigenvalue weighted by atomic mass is 35.5. The molecule has 1 aromatic heterocycles. The van der Waals surface area contributed by atoms with E-state index in [9.17, 15) is 4.79 Å². The Labute approximate surface area is 191 Å². The molecule has 0 bridgehead atoms. The van der Waals surface area contributed by atoms with Gasteiger partial charge in [-0.15, -0.1) is 10.2 Å². The quantitative estimate of drug-likeness (QED) is 0.600. The maximum absolute atomic E-state index is 12.7. The summed E-state index contributed by atoms with van der Waals surface area (Å²) < 4.78 is 13.4. The molecule has 2 atom stereocenters. The summed E-state index contributed by atoms with van der Waals surface area (Å²) in [6, 6.07) is 7.46. The predicted molar refractivity (Wildman–Crippen MR) is 121 cm³/mol. The maximum Gasteiger partial charge on any atom is 0.233 e. The third-order valence-electron chi connectivity index (χ3n) is 5.43. The number of carbonyl (C=O) groups excluding carboxylic acids is 1. The van der Waals surface area contributed by atoms with Gasteiger partial charge in [0.2, 0.25) is 11.9 Å². The van der Waals surface area contributed by atoms with Crippen LogP contribution in [-0.4, -0.2) is 64.9 Å². The van der Waals surface area contributed by atoms with Gasteiger partial charge < -0.3 is 19.7 Å². The first-order chi connectivity index (χ1) is 15.1. The number of aromatic nitrogens is 3. The highest BCUT2D eigenvalue weighted by Crippen LogP contribution is 2.28. The predicted octanol–water partition coefficient (Wildman–Crippen LogP) is 2.74. The van der Waals surface area contributed by atoms with Gasteiger partial charge in [0.25, 0.3) is 0 Å². The Morgan fingerprint density at radius 3 is 2.74 bits per heavy atom. The van der Waals surface area contributed by atoms with Gasteiger partial charge in [-0.25, -0.2) is 0 Å². The van der Waals surface area contributed by atoms with Crippen molar-refractivity contribution in [2.75, 3.05) is 37.8 Å². The van der Waals surface area contributed by atoms with Crippen molar-refractivity contribution in [2.45, 2.75) is 49.4 Å². The van der Waals surface area contributed by atoms with Crippen molar-refractivity contribution in [1.29, 1.82) is 0 Å². The molecule has 31 heavy (non-hydrogen) atoms. The van der Waals surface area contributed by atoms with E-state index in [1.807, 2.05) is 31.2 Å². The van der Waals surface area contributed by atoms with Crippen molar-refractivity contribution in [3.05, 3.63) is 34.9 Å². The molecule has 4 rings (SSSR count). The molecule has 0 radical (unpaired) electrons. The molecule has 1 N–H and O–H groups in total. The van der Waals surface area contributed by atoms with Crippen molar-refractivity contribution < 1.29 is 14.3 Å². The van der Waals surface area contributed by atoms with Crippen molar-refractivity contribution >= 4 is 35.2 Å². The van der Waals surface area contributed by atoms with Crippen LogP contribution in [0, 0.1) is 0 Å². The number of hydrogen-bond donors (Lipinski definition) is 1. The Bertz CT molecular complexity index is 866. The van der Waals surface area contributed by atoms with Crippen molar-refractivity contribution in [2.24, 2.45) is 0 Å². The molecular weight excluding hydrogens is 438 g/mol. The van der Waals surface area contributed by atoms with Crippen molar-refractivity contribution in [1.82, 2.24) is 20.1 Å². The molecule has 0 saturated carbocycles. The van der Waals surface area contributed by atoms with Crippen LogP contribution in [0.25, 0.3) is 0 Å². The van der Waals surface area contributed by atoms with Crippen LogP contribution < -0.4 is 10.2 Å². The second-order valence-electron chi connectivity index (χ2n) is 7.73. The van der Waals surface area contributed by atoms with E-state index in [1.54, 1.807) is 0 Å². The van der Waals surface area contributed by atoms with E-state index in [1.165, 1.54) is 11.8 Å². The number of anilines is 1. The van der Waals surface area contributed by atoms with Gasteiger partial charge in [0, 0.05) is 31.3 Å². The first kappa shape index (κ1) is 22.4. The van der Waals surface area contributed by atoms with Gasteiger partial charge >= 0.3 is 0 Å². The summed E-state index contributed by atoms with van der Waals surface area (Å²) in [5.74, 6) is 0.787. The smallest absolute Gasteiger partial charge is 0.233 e. The summed E-state index contributed by atoms with van der Waals surface area (Å²) >= 11 is 7.35. The third kappa shape index (κ3) is 5.91. The maximum atomic E-state index is 12.7. The number of nitrogens with one attached hydrogen (secondary N) is 1. The van der Waals surface area contributed by atoms with Crippen LogP contribution in [0.5, 0.6) is 0 Å². The Kier molecular flexibility index (Phi) is 7.71. The van der Waals surface area contributed by atoms with Crippen LogP contribution in [0.4, 0.5) is 5.95 Å². The SMILES string of the molecule is CC(Sc1nnc(N2CCOCC2)n1CC1CCCO1)C(=O)NCc1ccc(Cl)cc1. The number of hydrogen-bond acceptors (Lipinski definition) is 7. The first-order valence-corrected chi connectivity index (χ1v) is 11.9. The van der Waals surface area contributed by atoms with Crippen LogP contribution >= 0.6 is 23.4 Å². The fourth-order valence-electron chi connectivity index (χ4n) is 3.66. The van der Waals surface area contributed by atoms with E-state index in [2.05, 4.69) is 25.0 Å². The Hall–Kier alpha value is -1.81. The van der Waals surface area contributed by atoms with Gasteiger partial charge in [0.1, 0.15) is 0 Å². The number of amides is 1. The number of rotatable bonds is 8. The van der Waals surface area contributed by atoms with E-state index >= 15 is 0 Å². The minimum Gasteiger partial charge on any atom is -0.378 e. The molecule has 1 amide bonds. The van der Waals surface area contributed by atoms with E-state index in [4.69, 9.17) is 21.1 Å². The van der Waals surface area contributed by atoms with Gasteiger partial charge in [-0.3, -0.25) is 9.36 Å². The van der Waals surface area contributed by atoms with Gasteiger partial charge in [0.15, 0.2) is 5.16 Å². The fraction of sp³-hybridized carbons (Fsp3) is 0.571. The van der Waals surface area contributed by atoms with Crippen LogP contribution in [-0.2, 0) is 27.4 Å². The summed E-state index contributed by atoms with van der Waals surface area (Å²) in [7, 11) is 0. The molecule has 2 saturated heterocycles. The molecule has 2 unspecified atom stereocenters. The third-order valence-corrected chi connectivity index (χ3v) is 6.77. The van der Waals surface area contributed by atoms with Gasteiger partial charge in [-0.05, 0) is 37.5 Å². The molecule has 8 nitrogen and oxygen atoms in total. The fourth-order valence-corrected chi connectivity index (χ4v) is 4.67. The standard InChI is InChI=1S/C21H28ClN5O3S/c1-15(19(28)23-13-16-4-6-17(22)7-5-16)31-21-25-24-20(26-8-11-29-12-9-26)27(21)14-18-3-2-10-30-18/h4-7,15,18H,2-3,8-14H2,1H3,(H,23,28). The van der Waals surface area contributed by atoms with E-state index in [-0.39, 0.29) is 17.3 Å². The van der Waals surface area contributed by atoms with E-state index < -0.39 is 0 Å². The summed E-state index contributed by atoms with van der Waals surface area (Å²) in [5.41, 5.74) is 1.01. The number of benzene rings is 1. The Morgan fingerprint density at radius 2 is 2.03 bits per heavy atom. The Balaban J connectivity index is 1.42. The zero-order chi connectivity index (χ0) is 21.6. The first-order valence-electron chi connectivity index (χ1n) is 10.7. The van der Waals surface area contributed by atoms with Crippen LogP contribution in [0.2, 0.25) is 5.02 Å². The molecule has 168 valence electrons. The molecule has 2 aliphatic heterocycles. The molecule has 10 heteroatoms. The average molecular weight is 466 g/mol. The molecule has 0 spiro atoms. The average Bonchev–Trinajstić information content (AvgIpc) is 3.44. The summed E-state index contributed by atoms with van der Waals surface area (Å²) in [6.07, 6.45) is 2.26. The number of carbonyl (C=O) groups is 1. The second-order valence-corrected chi connectivity index (χ2v) is 9.48. The molecule has 0 aliphatic carbocycles. The van der Waals surface area contributed by atoms with Crippen LogP contribution in [0.1, 0.15) is 25.3 Å². The Morgan fingerprint density at radius 1 is 1.26 bits per heavy atom. The van der Waals surface area contributed by atoms with Crippen LogP contribution in [0.3, 0.4) is 0 Å². The topological polar surface area (TPSA) is 81.5 Å². The lowest BCUT2D eigenvalue weighted by molar-refractivity contribution is -0.120. The molecule has 2 aromatic rings. The number of thioether (sulfide) groups is 1. The number of nitrogens with zero attached hydrogens (tertiary/aromatic N) is 4. The molecule has 3 heterocycles. The van der Waals surface area contributed by atoms with Crippen molar-refractivity contribution in [3.8, 4) is 0 Å². The summed E-state index contributed by atoms with van der Waals surface area (Å²) in [6.45, 7) is 6.77. The lowest BCUT2D eigenvalue weighted by atomic mass is 10.2. The lowest BCUT2D eigenvalue weighted by Crippen LogP contribution is -2.38. The number of halogens is 1. The summed E-state index contributed by atoms with van der Waals surface area (Å²) in [5, 5.41) is 13.0. The van der Waals surface area contributed by atoms with E-state index in [0.29, 0.717) is 31.3 Å². The van der Waals surface area contributed by atoms with E-state index in [0.717, 1.165) is 49.2 Å². The zero-order valence-corrected chi connectivity index (χ0v) is 19.2. The molecule has 2 aliphatic rings. The number of morpholine rings is 1. The molecule has 2 fully saturated rings. The van der Waals surface area contributed by atoms with Crippen LogP contribution in [0.15, 0.2) is 29.4 Å². The highest BCUT2D eigenvalue weighted by molar-refractivity contribution is 8.00. The minimum absolute atomic E-state index is 0.0421. The number of ether oxygens (including phenoxy) is 2. The largest absolute Gasteiger partial charge is 0.378 e. The monoisotopic (exact) mass is 465 g/mol. The van der Waals surface area contributed by atoms with Gasteiger partial charge in [0.05, 0.1) is 31.1 Å². The van der Waals surface area contributed by atoms with Gasteiger partial charge in [-0.2, -0.15) is 0 Å².